The van der Waals surface area contributed by atoms with Crippen molar-refractivity contribution in [3.63, 3.8) is 0 Å². The minimum atomic E-state index is 0.0935. The van der Waals surface area contributed by atoms with Crippen molar-refractivity contribution in [1.82, 2.24) is 15.2 Å². The van der Waals surface area contributed by atoms with Crippen molar-refractivity contribution in [2.24, 2.45) is 0 Å². The highest BCUT2D eigenvalue weighted by atomic mass is 16.2. The largest absolute Gasteiger partial charge is 0.388 e. The van der Waals surface area contributed by atoms with Gasteiger partial charge in [-0.15, -0.1) is 0 Å². The van der Waals surface area contributed by atoms with Gasteiger partial charge >= 0.3 is 0 Å². The minimum absolute atomic E-state index is 0.0935. The third-order valence-electron chi connectivity index (χ3n) is 2.61. The van der Waals surface area contributed by atoms with Crippen LogP contribution in [0.1, 0.15) is 5.69 Å². The first kappa shape index (κ1) is 10.9. The summed E-state index contributed by atoms with van der Waals surface area (Å²) in [6.45, 7) is 2.80. The average Bonchev–Trinajstić information content (AvgIpc) is 2.29. The normalized spacial score (nSPS) is 16.9. The zero-order chi connectivity index (χ0) is 11.4. The van der Waals surface area contributed by atoms with Crippen molar-refractivity contribution < 1.29 is 4.79 Å². The molecule has 0 bridgehead atoms. The quantitative estimate of drug-likeness (QED) is 0.756. The molecule has 0 atom stereocenters. The lowest BCUT2D eigenvalue weighted by Gasteiger charge is -2.26. The fraction of sp³-hybridized carbons (Fsp3) is 0.455. The zero-order valence-corrected chi connectivity index (χ0v) is 9.36. The van der Waals surface area contributed by atoms with Gasteiger partial charge in [0, 0.05) is 38.6 Å². The number of rotatable bonds is 3. The van der Waals surface area contributed by atoms with Crippen molar-refractivity contribution in [1.29, 1.82) is 0 Å². The first-order valence-electron chi connectivity index (χ1n) is 5.39. The molecule has 1 aliphatic rings. The molecule has 5 nitrogen and oxygen atoms in total. The Labute approximate surface area is 94.9 Å². The molecule has 2 N–H and O–H groups in total. The average molecular weight is 220 g/mol. The van der Waals surface area contributed by atoms with Crippen LogP contribution < -0.4 is 10.6 Å². The zero-order valence-electron chi connectivity index (χ0n) is 9.36. The first-order valence-corrected chi connectivity index (χ1v) is 5.39. The van der Waals surface area contributed by atoms with E-state index >= 15 is 0 Å². The fourth-order valence-electron chi connectivity index (χ4n) is 1.78. The van der Waals surface area contributed by atoms with Gasteiger partial charge in [-0.05, 0) is 12.1 Å². The fourth-order valence-corrected chi connectivity index (χ4v) is 1.78. The molecule has 5 heteroatoms. The van der Waals surface area contributed by atoms with Gasteiger partial charge in [0.1, 0.15) is 0 Å². The number of amides is 1. The lowest BCUT2D eigenvalue weighted by molar-refractivity contribution is -0.124. The number of hydrogen-bond donors (Lipinski definition) is 2. The number of carbonyl (C=O) groups is 1. The molecule has 0 aromatic carbocycles. The molecule has 1 aliphatic heterocycles. The lowest BCUT2D eigenvalue weighted by Crippen LogP contribution is -2.47. The van der Waals surface area contributed by atoms with Gasteiger partial charge in [-0.2, -0.15) is 0 Å². The molecule has 2 heterocycles. The maximum Gasteiger partial charge on any atom is 0.234 e. The second-order valence-corrected chi connectivity index (χ2v) is 3.85. The number of hydrogen-bond acceptors (Lipinski definition) is 4. The highest BCUT2D eigenvalue weighted by Crippen LogP contribution is 2.09. The van der Waals surface area contributed by atoms with Crippen LogP contribution >= 0.6 is 0 Å². The highest BCUT2D eigenvalue weighted by Gasteiger charge is 2.16. The SMILES string of the molecule is CNc1ccnc(CN2CCNC(=O)C2)c1. The van der Waals surface area contributed by atoms with E-state index in [1.165, 1.54) is 0 Å². The van der Waals surface area contributed by atoms with Gasteiger partial charge < -0.3 is 10.6 Å². The predicted octanol–water partition coefficient (Wildman–Crippen LogP) is 0.0551. The molecule has 2 rings (SSSR count). The summed E-state index contributed by atoms with van der Waals surface area (Å²) in [6.07, 6.45) is 1.78. The van der Waals surface area contributed by atoms with Crippen molar-refractivity contribution >= 4 is 11.6 Å². The lowest BCUT2D eigenvalue weighted by atomic mass is 10.2. The Kier molecular flexibility index (Phi) is 3.36. The number of nitrogens with zero attached hydrogens (tertiary/aromatic N) is 2. The van der Waals surface area contributed by atoms with E-state index in [0.717, 1.165) is 31.0 Å². The van der Waals surface area contributed by atoms with Crippen molar-refractivity contribution in [2.75, 3.05) is 32.0 Å². The van der Waals surface area contributed by atoms with Gasteiger partial charge in [0.25, 0.3) is 0 Å². The smallest absolute Gasteiger partial charge is 0.234 e. The molecule has 0 saturated carbocycles. The summed E-state index contributed by atoms with van der Waals surface area (Å²) in [6, 6.07) is 3.93. The monoisotopic (exact) mass is 220 g/mol. The van der Waals surface area contributed by atoms with Gasteiger partial charge in [-0.1, -0.05) is 0 Å². The molecule has 0 unspecified atom stereocenters. The molecule has 1 amide bonds. The predicted molar refractivity (Wildman–Crippen MR) is 62.1 cm³/mol. The van der Waals surface area contributed by atoms with E-state index < -0.39 is 0 Å². The van der Waals surface area contributed by atoms with E-state index in [2.05, 4.69) is 20.5 Å². The summed E-state index contributed by atoms with van der Waals surface area (Å²) in [5, 5.41) is 5.88. The van der Waals surface area contributed by atoms with E-state index in [1.54, 1.807) is 6.20 Å². The van der Waals surface area contributed by atoms with Gasteiger partial charge in [0.2, 0.25) is 5.91 Å². The molecule has 16 heavy (non-hydrogen) atoms. The topological polar surface area (TPSA) is 57.3 Å². The third-order valence-corrected chi connectivity index (χ3v) is 2.61. The number of piperazine rings is 1. The van der Waals surface area contributed by atoms with Gasteiger partial charge in [0.05, 0.1) is 12.2 Å². The van der Waals surface area contributed by atoms with Crippen LogP contribution in [0.3, 0.4) is 0 Å². The molecular weight excluding hydrogens is 204 g/mol. The van der Waals surface area contributed by atoms with E-state index in [4.69, 9.17) is 0 Å². The summed E-state index contributed by atoms with van der Waals surface area (Å²) in [4.78, 5) is 17.6. The van der Waals surface area contributed by atoms with Crippen LogP contribution in [0.25, 0.3) is 0 Å². The first-order chi connectivity index (χ1) is 7.78. The van der Waals surface area contributed by atoms with Crippen molar-refractivity contribution in [3.8, 4) is 0 Å². The Bertz CT molecular complexity index is 380. The number of carbonyl (C=O) groups excluding carboxylic acids is 1. The summed E-state index contributed by atoms with van der Waals surface area (Å²) in [5.74, 6) is 0.0935. The van der Waals surface area contributed by atoms with Crippen LogP contribution in [0, 0.1) is 0 Å². The summed E-state index contributed by atoms with van der Waals surface area (Å²) >= 11 is 0. The molecule has 0 aliphatic carbocycles. The molecule has 1 fully saturated rings. The summed E-state index contributed by atoms with van der Waals surface area (Å²) in [5.41, 5.74) is 2.04. The van der Waals surface area contributed by atoms with E-state index in [9.17, 15) is 4.79 Å². The van der Waals surface area contributed by atoms with Crippen LogP contribution in [0.4, 0.5) is 5.69 Å². The standard InChI is InChI=1S/C11H16N4O/c1-12-9-2-3-13-10(6-9)7-15-5-4-14-11(16)8-15/h2-3,6H,4-5,7-8H2,1H3,(H,12,13)(H,14,16). The molecule has 1 saturated heterocycles. The number of nitrogens with one attached hydrogen (secondary N) is 2. The van der Waals surface area contributed by atoms with Crippen LogP contribution in [0.2, 0.25) is 0 Å². The van der Waals surface area contributed by atoms with Gasteiger partial charge in [-0.25, -0.2) is 0 Å². The molecule has 0 spiro atoms. The maximum absolute atomic E-state index is 11.2. The maximum atomic E-state index is 11.2. The van der Waals surface area contributed by atoms with E-state index in [1.807, 2.05) is 19.2 Å². The van der Waals surface area contributed by atoms with Crippen LogP contribution in [-0.2, 0) is 11.3 Å². The minimum Gasteiger partial charge on any atom is -0.388 e. The van der Waals surface area contributed by atoms with Crippen LogP contribution in [0.15, 0.2) is 18.3 Å². The Morgan fingerprint density at radius 2 is 2.50 bits per heavy atom. The van der Waals surface area contributed by atoms with Crippen LogP contribution in [0.5, 0.6) is 0 Å². The Balaban J connectivity index is 1.99. The van der Waals surface area contributed by atoms with Crippen LogP contribution in [-0.4, -0.2) is 42.5 Å². The second kappa shape index (κ2) is 4.94. The van der Waals surface area contributed by atoms with Crippen molar-refractivity contribution in [3.05, 3.63) is 24.0 Å². The van der Waals surface area contributed by atoms with Gasteiger partial charge in [0.15, 0.2) is 0 Å². The second-order valence-electron chi connectivity index (χ2n) is 3.85. The summed E-state index contributed by atoms with van der Waals surface area (Å²) in [7, 11) is 1.88. The molecule has 86 valence electrons. The van der Waals surface area contributed by atoms with E-state index in [-0.39, 0.29) is 5.91 Å². The number of aromatic nitrogens is 1. The van der Waals surface area contributed by atoms with Gasteiger partial charge in [-0.3, -0.25) is 14.7 Å². The third kappa shape index (κ3) is 2.70. The molecule has 0 radical (unpaired) electrons. The number of pyridine rings is 1. The number of anilines is 1. The highest BCUT2D eigenvalue weighted by molar-refractivity contribution is 5.78. The Hall–Kier alpha value is -1.62. The molecular formula is C11H16N4O. The van der Waals surface area contributed by atoms with Crippen molar-refractivity contribution in [2.45, 2.75) is 6.54 Å². The molecule has 1 aromatic rings. The summed E-state index contributed by atoms with van der Waals surface area (Å²) < 4.78 is 0. The molecule has 1 aromatic heterocycles. The Morgan fingerprint density at radius 3 is 3.25 bits per heavy atom. The Morgan fingerprint density at radius 1 is 1.62 bits per heavy atom. The van der Waals surface area contributed by atoms with E-state index in [0.29, 0.717) is 6.54 Å².